The van der Waals surface area contributed by atoms with E-state index in [4.69, 9.17) is 9.47 Å². The van der Waals surface area contributed by atoms with Gasteiger partial charge in [0.25, 0.3) is 5.69 Å². The molecule has 2 aromatic carbocycles. The van der Waals surface area contributed by atoms with Crippen LogP contribution in [0.15, 0.2) is 48.8 Å². The molecule has 0 amide bonds. The van der Waals surface area contributed by atoms with Crippen molar-refractivity contribution in [2.45, 2.75) is 6.54 Å². The summed E-state index contributed by atoms with van der Waals surface area (Å²) < 4.78 is 10.5. The molecule has 0 spiro atoms. The third-order valence-electron chi connectivity index (χ3n) is 3.92. The van der Waals surface area contributed by atoms with Crippen molar-refractivity contribution >= 4 is 22.1 Å². The van der Waals surface area contributed by atoms with Gasteiger partial charge in [-0.2, -0.15) is 0 Å². The fourth-order valence-corrected chi connectivity index (χ4v) is 2.68. The summed E-state index contributed by atoms with van der Waals surface area (Å²) >= 11 is 0. The molecule has 1 N–H and O–H groups in total. The van der Waals surface area contributed by atoms with E-state index in [9.17, 15) is 10.1 Å². The van der Waals surface area contributed by atoms with Crippen LogP contribution < -0.4 is 14.8 Å². The van der Waals surface area contributed by atoms with Crippen LogP contribution in [0.4, 0.5) is 11.4 Å². The smallest absolute Gasteiger partial charge is 0.278 e. The van der Waals surface area contributed by atoms with Crippen molar-refractivity contribution in [2.75, 3.05) is 19.5 Å². The van der Waals surface area contributed by atoms with Crippen molar-refractivity contribution < 1.29 is 14.4 Å². The second-order valence-corrected chi connectivity index (χ2v) is 5.35. The van der Waals surface area contributed by atoms with E-state index in [0.29, 0.717) is 23.4 Å². The number of aromatic nitrogens is 1. The number of nitrogens with one attached hydrogen (secondary N) is 1. The first kappa shape index (κ1) is 16.5. The number of pyridine rings is 1. The molecule has 0 aliphatic carbocycles. The number of nitro groups is 1. The quantitative estimate of drug-likeness (QED) is 0.543. The zero-order chi connectivity index (χ0) is 17.8. The van der Waals surface area contributed by atoms with Gasteiger partial charge in [-0.25, -0.2) is 0 Å². The average Bonchev–Trinajstić information content (AvgIpc) is 2.65. The highest BCUT2D eigenvalue weighted by Gasteiger charge is 2.14. The molecule has 7 nitrogen and oxygen atoms in total. The standard InChI is InChI=1S/C18H17N3O4/c1-24-17-6-3-12(9-18(17)25-2)10-20-15-4-5-16(21(22)23)14-11-19-8-7-13(14)15/h3-9,11,20H,10H2,1-2H3. The number of hydrogen-bond donors (Lipinski definition) is 1. The molecule has 0 atom stereocenters. The summed E-state index contributed by atoms with van der Waals surface area (Å²) in [5.41, 5.74) is 1.84. The second-order valence-electron chi connectivity index (χ2n) is 5.35. The Bertz CT molecular complexity index is 927. The minimum Gasteiger partial charge on any atom is -0.493 e. The first-order valence-corrected chi connectivity index (χ1v) is 7.60. The number of nitro benzene ring substituents is 1. The lowest BCUT2D eigenvalue weighted by molar-refractivity contribution is -0.383. The Hall–Kier alpha value is -3.35. The Morgan fingerprint density at radius 3 is 2.60 bits per heavy atom. The Labute approximate surface area is 144 Å². The number of nitrogens with zero attached hydrogens (tertiary/aromatic N) is 2. The number of ether oxygens (including phenoxy) is 2. The number of methoxy groups -OCH3 is 2. The van der Waals surface area contributed by atoms with Crippen molar-refractivity contribution in [1.82, 2.24) is 4.98 Å². The monoisotopic (exact) mass is 339 g/mol. The van der Waals surface area contributed by atoms with E-state index in [2.05, 4.69) is 10.3 Å². The van der Waals surface area contributed by atoms with Crippen molar-refractivity contribution in [2.24, 2.45) is 0 Å². The van der Waals surface area contributed by atoms with Gasteiger partial charge in [-0.05, 0) is 29.8 Å². The number of non-ortho nitro benzene ring substituents is 1. The largest absolute Gasteiger partial charge is 0.493 e. The summed E-state index contributed by atoms with van der Waals surface area (Å²) in [5, 5.41) is 15.7. The highest BCUT2D eigenvalue weighted by molar-refractivity contribution is 5.99. The topological polar surface area (TPSA) is 86.5 Å². The van der Waals surface area contributed by atoms with E-state index in [1.54, 1.807) is 32.5 Å². The van der Waals surface area contributed by atoms with Crippen LogP contribution in [0.3, 0.4) is 0 Å². The van der Waals surface area contributed by atoms with E-state index in [0.717, 1.165) is 16.6 Å². The number of benzene rings is 2. The number of hydrogen-bond acceptors (Lipinski definition) is 6. The van der Waals surface area contributed by atoms with Crippen molar-refractivity contribution in [3.05, 3.63) is 64.5 Å². The zero-order valence-corrected chi connectivity index (χ0v) is 13.9. The van der Waals surface area contributed by atoms with Gasteiger partial charge in [-0.3, -0.25) is 15.1 Å². The molecule has 3 aromatic rings. The van der Waals surface area contributed by atoms with Gasteiger partial charge in [-0.15, -0.1) is 0 Å². The molecule has 0 saturated heterocycles. The first-order chi connectivity index (χ1) is 12.1. The molecule has 0 aliphatic rings. The van der Waals surface area contributed by atoms with Crippen LogP contribution in [-0.2, 0) is 6.54 Å². The predicted molar refractivity (Wildman–Crippen MR) is 95.3 cm³/mol. The summed E-state index contributed by atoms with van der Waals surface area (Å²) in [6, 6.07) is 10.6. The number of fused-ring (bicyclic) bond motifs is 1. The highest BCUT2D eigenvalue weighted by atomic mass is 16.6. The third kappa shape index (κ3) is 3.30. The van der Waals surface area contributed by atoms with Gasteiger partial charge in [0.1, 0.15) is 0 Å². The summed E-state index contributed by atoms with van der Waals surface area (Å²) in [6.07, 6.45) is 3.13. The van der Waals surface area contributed by atoms with Gasteiger partial charge in [0.2, 0.25) is 0 Å². The average molecular weight is 339 g/mol. The van der Waals surface area contributed by atoms with Crippen LogP contribution >= 0.6 is 0 Å². The van der Waals surface area contributed by atoms with Crippen LogP contribution in [0.5, 0.6) is 11.5 Å². The molecule has 0 saturated carbocycles. The maximum Gasteiger partial charge on any atom is 0.278 e. The molecule has 1 aromatic heterocycles. The van der Waals surface area contributed by atoms with Gasteiger partial charge in [0, 0.05) is 36.1 Å². The lowest BCUT2D eigenvalue weighted by Gasteiger charge is -2.12. The fourth-order valence-electron chi connectivity index (χ4n) is 2.68. The maximum absolute atomic E-state index is 11.2. The molecule has 0 radical (unpaired) electrons. The molecule has 128 valence electrons. The van der Waals surface area contributed by atoms with Crippen LogP contribution in [0.1, 0.15) is 5.56 Å². The van der Waals surface area contributed by atoms with Crippen LogP contribution in [-0.4, -0.2) is 24.1 Å². The fraction of sp³-hybridized carbons (Fsp3) is 0.167. The summed E-state index contributed by atoms with van der Waals surface area (Å²) in [7, 11) is 3.18. The van der Waals surface area contributed by atoms with Crippen molar-refractivity contribution in [3.8, 4) is 11.5 Å². The highest BCUT2D eigenvalue weighted by Crippen LogP contribution is 2.32. The zero-order valence-electron chi connectivity index (χ0n) is 13.9. The van der Waals surface area contributed by atoms with E-state index < -0.39 is 4.92 Å². The molecular formula is C18H17N3O4. The molecule has 0 unspecified atom stereocenters. The van der Waals surface area contributed by atoms with E-state index in [1.165, 1.54) is 12.3 Å². The molecule has 0 bridgehead atoms. The predicted octanol–water partition coefficient (Wildman–Crippen LogP) is 3.77. The Balaban J connectivity index is 1.89. The van der Waals surface area contributed by atoms with Crippen molar-refractivity contribution in [1.29, 1.82) is 0 Å². The lowest BCUT2D eigenvalue weighted by atomic mass is 10.1. The summed E-state index contributed by atoms with van der Waals surface area (Å²) in [4.78, 5) is 14.8. The van der Waals surface area contributed by atoms with Gasteiger partial charge in [0.15, 0.2) is 11.5 Å². The molecule has 3 rings (SSSR count). The number of rotatable bonds is 6. The summed E-state index contributed by atoms with van der Waals surface area (Å²) in [5.74, 6) is 1.32. The van der Waals surface area contributed by atoms with Gasteiger partial charge < -0.3 is 14.8 Å². The molecule has 1 heterocycles. The van der Waals surface area contributed by atoms with Gasteiger partial charge in [0.05, 0.1) is 24.5 Å². The third-order valence-corrected chi connectivity index (χ3v) is 3.92. The normalized spacial score (nSPS) is 10.5. The van der Waals surface area contributed by atoms with E-state index in [-0.39, 0.29) is 5.69 Å². The summed E-state index contributed by atoms with van der Waals surface area (Å²) in [6.45, 7) is 0.537. The molecule has 0 aliphatic heterocycles. The van der Waals surface area contributed by atoms with E-state index >= 15 is 0 Å². The SMILES string of the molecule is COc1ccc(CNc2ccc([N+](=O)[O-])c3cnccc23)cc1OC. The Morgan fingerprint density at radius 1 is 1.08 bits per heavy atom. The van der Waals surface area contributed by atoms with Gasteiger partial charge >= 0.3 is 0 Å². The second kappa shape index (κ2) is 7.04. The molecular weight excluding hydrogens is 322 g/mol. The Morgan fingerprint density at radius 2 is 1.88 bits per heavy atom. The van der Waals surface area contributed by atoms with Crippen LogP contribution in [0.2, 0.25) is 0 Å². The Kier molecular flexibility index (Phi) is 4.65. The number of anilines is 1. The van der Waals surface area contributed by atoms with E-state index in [1.807, 2.05) is 18.2 Å². The minimum atomic E-state index is -0.401. The maximum atomic E-state index is 11.2. The molecule has 0 fully saturated rings. The lowest BCUT2D eigenvalue weighted by Crippen LogP contribution is -2.02. The first-order valence-electron chi connectivity index (χ1n) is 7.60. The van der Waals surface area contributed by atoms with Crippen LogP contribution in [0.25, 0.3) is 10.8 Å². The van der Waals surface area contributed by atoms with Gasteiger partial charge in [-0.1, -0.05) is 6.07 Å². The molecule has 7 heteroatoms. The van der Waals surface area contributed by atoms with Crippen LogP contribution in [0, 0.1) is 10.1 Å². The minimum absolute atomic E-state index is 0.0415. The van der Waals surface area contributed by atoms with Crippen molar-refractivity contribution in [3.63, 3.8) is 0 Å². The molecule has 25 heavy (non-hydrogen) atoms.